The smallest absolute Gasteiger partial charge is 0.408 e. The summed E-state index contributed by atoms with van der Waals surface area (Å²) >= 11 is 0. The molecule has 3 N–H and O–H groups in total. The number of alkyl carbamates (subject to hydrolysis) is 1. The third-order valence-electron chi connectivity index (χ3n) is 6.86. The molecule has 224 valence electrons. The van der Waals surface area contributed by atoms with E-state index in [-0.39, 0.29) is 12.3 Å². The van der Waals surface area contributed by atoms with Crippen molar-refractivity contribution in [2.45, 2.75) is 83.4 Å². The molecule has 0 bridgehead atoms. The first-order chi connectivity index (χ1) is 20.0. The van der Waals surface area contributed by atoms with Crippen LogP contribution in [0.25, 0.3) is 0 Å². The Labute approximate surface area is 250 Å². The highest BCUT2D eigenvalue weighted by Crippen LogP contribution is 2.16. The van der Waals surface area contributed by atoms with Crippen LogP contribution in [0.4, 0.5) is 4.79 Å². The highest BCUT2D eigenvalue weighted by molar-refractivity contribution is 5.94. The summed E-state index contributed by atoms with van der Waals surface area (Å²) in [6, 6.07) is 28.5. The molecular formula is C35H45N3O4. The summed E-state index contributed by atoms with van der Waals surface area (Å²) in [6.07, 6.45) is 3.71. The third kappa shape index (κ3) is 11.4. The molecule has 3 aromatic rings. The van der Waals surface area contributed by atoms with Gasteiger partial charge in [0.05, 0.1) is 0 Å². The number of nitrogens with one attached hydrogen (secondary N) is 3. The fourth-order valence-electron chi connectivity index (χ4n) is 4.73. The highest BCUT2D eigenvalue weighted by atomic mass is 16.6. The fraction of sp³-hybridized carbons (Fsp3) is 0.400. The lowest BCUT2D eigenvalue weighted by molar-refractivity contribution is -0.133. The Hall–Kier alpha value is -4.13. The van der Waals surface area contributed by atoms with Crippen LogP contribution in [0.1, 0.15) is 63.6 Å². The highest BCUT2D eigenvalue weighted by Gasteiger charge is 2.37. The molecule has 0 saturated heterocycles. The molecule has 1 unspecified atom stereocenters. The van der Waals surface area contributed by atoms with Crippen molar-refractivity contribution in [1.29, 1.82) is 0 Å². The van der Waals surface area contributed by atoms with Gasteiger partial charge in [-0.05, 0) is 63.6 Å². The number of amides is 3. The van der Waals surface area contributed by atoms with Crippen LogP contribution in [-0.4, -0.2) is 41.6 Å². The summed E-state index contributed by atoms with van der Waals surface area (Å²) in [5.41, 5.74) is 1.13. The summed E-state index contributed by atoms with van der Waals surface area (Å²) in [7, 11) is 0. The third-order valence-corrected chi connectivity index (χ3v) is 6.86. The first-order valence-corrected chi connectivity index (χ1v) is 14.8. The number of hydrogen-bond acceptors (Lipinski definition) is 4. The number of carbonyl (C=O) groups excluding carboxylic acids is 3. The van der Waals surface area contributed by atoms with Crippen molar-refractivity contribution in [2.75, 3.05) is 6.54 Å². The average molecular weight is 572 g/mol. The minimum Gasteiger partial charge on any atom is -0.444 e. The second-order valence-electron chi connectivity index (χ2n) is 11.9. The van der Waals surface area contributed by atoms with E-state index in [1.807, 2.05) is 78.9 Å². The molecule has 7 nitrogen and oxygen atoms in total. The van der Waals surface area contributed by atoms with Gasteiger partial charge in [0.15, 0.2) is 0 Å². The monoisotopic (exact) mass is 571 g/mol. The van der Waals surface area contributed by atoms with Gasteiger partial charge < -0.3 is 20.7 Å². The van der Waals surface area contributed by atoms with Gasteiger partial charge >= 0.3 is 6.09 Å². The van der Waals surface area contributed by atoms with E-state index in [4.69, 9.17) is 4.74 Å². The van der Waals surface area contributed by atoms with Gasteiger partial charge in [-0.25, -0.2) is 4.79 Å². The zero-order valence-electron chi connectivity index (χ0n) is 25.3. The summed E-state index contributed by atoms with van der Waals surface area (Å²) in [5.74, 6) is -0.723. The second kappa shape index (κ2) is 15.8. The maximum Gasteiger partial charge on any atom is 0.408 e. The first-order valence-electron chi connectivity index (χ1n) is 14.8. The predicted molar refractivity (Wildman–Crippen MR) is 167 cm³/mol. The van der Waals surface area contributed by atoms with Crippen molar-refractivity contribution in [3.05, 3.63) is 108 Å². The molecule has 0 aliphatic carbocycles. The molecule has 3 amide bonds. The molecular weight excluding hydrogens is 526 g/mol. The molecule has 0 fully saturated rings. The molecule has 7 heteroatoms. The minimum absolute atomic E-state index is 0.246. The minimum atomic E-state index is -1.24. The largest absolute Gasteiger partial charge is 0.444 e. The maximum atomic E-state index is 13.7. The normalized spacial score (nSPS) is 13.3. The second-order valence-corrected chi connectivity index (χ2v) is 11.9. The Morgan fingerprint density at radius 3 is 1.83 bits per heavy atom. The molecule has 0 spiro atoms. The molecule has 42 heavy (non-hydrogen) atoms. The Morgan fingerprint density at radius 2 is 1.26 bits per heavy atom. The maximum absolute atomic E-state index is 13.7. The average Bonchev–Trinajstić information content (AvgIpc) is 2.95. The van der Waals surface area contributed by atoms with E-state index in [1.54, 1.807) is 27.7 Å². The SMILES string of the molecule is CC(C)(C)OC(=O)N[C@@H](Cc1ccccc1)C(=O)NC(C)(Cc1ccccc1)C(=O)NCCCCCc1ccccc1. The van der Waals surface area contributed by atoms with Gasteiger partial charge in [-0.15, -0.1) is 0 Å². The summed E-state index contributed by atoms with van der Waals surface area (Å²) in [6.45, 7) is 7.54. The Morgan fingerprint density at radius 1 is 0.714 bits per heavy atom. The van der Waals surface area contributed by atoms with Crippen LogP contribution in [0, 0.1) is 0 Å². The van der Waals surface area contributed by atoms with Crippen LogP contribution in [0.15, 0.2) is 91.0 Å². The van der Waals surface area contributed by atoms with Gasteiger partial charge in [0.25, 0.3) is 0 Å². The van der Waals surface area contributed by atoms with Crippen LogP contribution < -0.4 is 16.0 Å². The molecule has 0 radical (unpaired) electrons. The molecule has 3 aromatic carbocycles. The van der Waals surface area contributed by atoms with Gasteiger partial charge in [-0.3, -0.25) is 9.59 Å². The number of unbranched alkanes of at least 4 members (excludes halogenated alkanes) is 2. The van der Waals surface area contributed by atoms with Gasteiger partial charge in [-0.2, -0.15) is 0 Å². The number of benzene rings is 3. The Bertz CT molecular complexity index is 1260. The summed E-state index contributed by atoms with van der Waals surface area (Å²) in [5, 5.41) is 8.75. The quantitative estimate of drug-likeness (QED) is 0.214. The number of rotatable bonds is 14. The number of carbonyl (C=O) groups is 3. The van der Waals surface area contributed by atoms with Crippen molar-refractivity contribution in [1.82, 2.24) is 16.0 Å². The summed E-state index contributed by atoms with van der Waals surface area (Å²) < 4.78 is 5.43. The predicted octanol–water partition coefficient (Wildman–Crippen LogP) is 5.77. The van der Waals surface area contributed by atoms with E-state index in [9.17, 15) is 14.4 Å². The number of hydrogen-bond donors (Lipinski definition) is 3. The van der Waals surface area contributed by atoms with E-state index in [1.165, 1.54) is 5.56 Å². The van der Waals surface area contributed by atoms with E-state index in [2.05, 4.69) is 28.1 Å². The first kappa shape index (κ1) is 32.4. The van der Waals surface area contributed by atoms with Gasteiger partial charge in [0.2, 0.25) is 11.8 Å². The van der Waals surface area contributed by atoms with Crippen molar-refractivity contribution >= 4 is 17.9 Å². The van der Waals surface area contributed by atoms with Crippen LogP contribution in [-0.2, 0) is 33.6 Å². The van der Waals surface area contributed by atoms with Crippen LogP contribution in [0.5, 0.6) is 0 Å². The van der Waals surface area contributed by atoms with Crippen LogP contribution in [0.2, 0.25) is 0 Å². The van der Waals surface area contributed by atoms with E-state index >= 15 is 0 Å². The molecule has 2 atom stereocenters. The van der Waals surface area contributed by atoms with Gasteiger partial charge in [0.1, 0.15) is 17.2 Å². The lowest BCUT2D eigenvalue weighted by atomic mass is 9.90. The lowest BCUT2D eigenvalue weighted by Crippen LogP contribution is -2.62. The molecule has 0 aliphatic heterocycles. The van der Waals surface area contributed by atoms with Gasteiger partial charge in [-0.1, -0.05) is 97.4 Å². The zero-order valence-corrected chi connectivity index (χ0v) is 25.3. The molecule has 0 aromatic heterocycles. The molecule has 3 rings (SSSR count). The van der Waals surface area contributed by atoms with Crippen LogP contribution in [0.3, 0.4) is 0 Å². The standard InChI is InChI=1S/C35H45N3O4/c1-34(2,3)42-33(41)37-30(25-28-20-11-6-12-21-28)31(39)38-35(4,26-29-22-13-7-14-23-29)32(40)36-24-16-8-15-19-27-17-9-5-10-18-27/h5-7,9-14,17-18,20-23,30H,8,15-16,19,24-26H2,1-4H3,(H,36,40)(H,37,41)(H,38,39)/t30-,35?/m0/s1. The molecule has 0 saturated carbocycles. The Kier molecular flexibility index (Phi) is 12.1. The van der Waals surface area contributed by atoms with Gasteiger partial charge in [0, 0.05) is 19.4 Å². The topological polar surface area (TPSA) is 96.5 Å². The van der Waals surface area contributed by atoms with Crippen molar-refractivity contribution in [3.8, 4) is 0 Å². The van der Waals surface area contributed by atoms with Crippen molar-refractivity contribution in [3.63, 3.8) is 0 Å². The lowest BCUT2D eigenvalue weighted by Gasteiger charge is -2.32. The fourth-order valence-corrected chi connectivity index (χ4v) is 4.73. The van der Waals surface area contributed by atoms with Crippen molar-refractivity contribution in [2.24, 2.45) is 0 Å². The van der Waals surface area contributed by atoms with E-state index in [0.717, 1.165) is 36.8 Å². The zero-order chi connectivity index (χ0) is 30.4. The van der Waals surface area contributed by atoms with E-state index in [0.29, 0.717) is 13.0 Å². The molecule has 0 aliphatic rings. The number of ether oxygens (including phenoxy) is 1. The molecule has 0 heterocycles. The summed E-state index contributed by atoms with van der Waals surface area (Å²) in [4.78, 5) is 40.0. The van der Waals surface area contributed by atoms with E-state index < -0.39 is 29.2 Å². The van der Waals surface area contributed by atoms with Crippen LogP contribution >= 0.6 is 0 Å². The number of aryl methyl sites for hydroxylation is 1. The Balaban J connectivity index is 1.69. The van der Waals surface area contributed by atoms with Crippen molar-refractivity contribution < 1.29 is 19.1 Å².